The van der Waals surface area contributed by atoms with Crippen molar-refractivity contribution >= 4 is 22.8 Å². The molecule has 0 fully saturated rings. The molecular weight excluding hydrogens is 334 g/mol. The van der Waals surface area contributed by atoms with Crippen LogP contribution < -0.4 is 0 Å². The molecule has 0 amide bonds. The summed E-state index contributed by atoms with van der Waals surface area (Å²) in [4.78, 5) is 2.30. The molecule has 7 nitrogen and oxygen atoms in total. The van der Waals surface area contributed by atoms with E-state index in [0.717, 1.165) is 29.8 Å². The van der Waals surface area contributed by atoms with Crippen LogP contribution in [-0.2, 0) is 13.1 Å². The summed E-state index contributed by atoms with van der Waals surface area (Å²) < 4.78 is 12.6. The lowest BCUT2D eigenvalue weighted by molar-refractivity contribution is 0.318. The highest BCUT2D eigenvalue weighted by Crippen LogP contribution is 2.19. The van der Waals surface area contributed by atoms with Gasteiger partial charge in [-0.2, -0.15) is 8.75 Å². The number of aromatic nitrogens is 6. The lowest BCUT2D eigenvalue weighted by Gasteiger charge is -2.17. The van der Waals surface area contributed by atoms with E-state index in [-0.39, 0.29) is 0 Å². The van der Waals surface area contributed by atoms with Gasteiger partial charge in [-0.3, -0.25) is 9.58 Å². The fourth-order valence-corrected chi connectivity index (χ4v) is 3.73. The van der Waals surface area contributed by atoms with E-state index < -0.39 is 0 Å². The minimum atomic E-state index is 0.865. The zero-order valence-corrected chi connectivity index (χ0v) is 15.2. The van der Waals surface area contributed by atoms with E-state index in [1.807, 2.05) is 10.7 Å². The van der Waals surface area contributed by atoms with Crippen molar-refractivity contribution < 1.29 is 0 Å². The molecule has 128 valence electrons. The van der Waals surface area contributed by atoms with Crippen molar-refractivity contribution in [3.8, 4) is 0 Å². The Morgan fingerprint density at radius 2 is 1.76 bits per heavy atom. The molecule has 0 radical (unpaired) electrons. The van der Waals surface area contributed by atoms with Crippen LogP contribution in [0.2, 0.25) is 0 Å². The van der Waals surface area contributed by atoms with Crippen LogP contribution in [0.1, 0.15) is 22.5 Å². The highest BCUT2D eigenvalue weighted by molar-refractivity contribution is 7.00. The first-order valence-electron chi connectivity index (χ1n) is 8.04. The lowest BCUT2D eigenvalue weighted by atomic mass is 10.1. The highest BCUT2D eigenvalue weighted by atomic mass is 32.1. The Kier molecular flexibility index (Phi) is 4.06. The smallest absolute Gasteiger partial charge is 0.139 e. The Labute approximate surface area is 149 Å². The molecule has 0 saturated heterocycles. The Hall–Kier alpha value is -2.58. The molecular formula is C17H19N7S. The summed E-state index contributed by atoms with van der Waals surface area (Å²) in [6, 6.07) is 8.51. The quantitative estimate of drug-likeness (QED) is 0.552. The van der Waals surface area contributed by atoms with Crippen molar-refractivity contribution in [1.29, 1.82) is 0 Å². The van der Waals surface area contributed by atoms with E-state index in [1.165, 1.54) is 28.5 Å². The summed E-state index contributed by atoms with van der Waals surface area (Å²) in [5.41, 5.74) is 6.84. The van der Waals surface area contributed by atoms with Gasteiger partial charge in [0.25, 0.3) is 0 Å². The number of aryl methyl sites for hydroxylation is 1. The van der Waals surface area contributed by atoms with Gasteiger partial charge in [0.1, 0.15) is 23.7 Å². The van der Waals surface area contributed by atoms with Gasteiger partial charge in [-0.15, -0.1) is 10.2 Å². The summed E-state index contributed by atoms with van der Waals surface area (Å²) >= 11 is 1.26. The zero-order valence-electron chi connectivity index (χ0n) is 14.4. The van der Waals surface area contributed by atoms with Crippen LogP contribution in [0.4, 0.5) is 0 Å². The van der Waals surface area contributed by atoms with E-state index in [9.17, 15) is 0 Å². The molecule has 3 aromatic heterocycles. The first-order valence-corrected chi connectivity index (χ1v) is 8.77. The number of hydrogen-bond acceptors (Lipinski definition) is 6. The van der Waals surface area contributed by atoms with Crippen molar-refractivity contribution in [3.63, 3.8) is 0 Å². The molecule has 0 unspecified atom stereocenters. The second-order valence-corrected chi connectivity index (χ2v) is 6.84. The van der Waals surface area contributed by atoms with Gasteiger partial charge in [0, 0.05) is 24.5 Å². The van der Waals surface area contributed by atoms with Crippen LogP contribution >= 0.6 is 11.7 Å². The number of nitrogens with zero attached hydrogens (tertiary/aromatic N) is 7. The average Bonchev–Trinajstić information content (AvgIpc) is 3.29. The Morgan fingerprint density at radius 3 is 2.56 bits per heavy atom. The minimum absolute atomic E-state index is 0.865. The highest BCUT2D eigenvalue weighted by Gasteiger charge is 2.13. The Balaban J connectivity index is 1.52. The van der Waals surface area contributed by atoms with Gasteiger partial charge in [0.05, 0.1) is 11.7 Å². The third kappa shape index (κ3) is 3.06. The monoisotopic (exact) mass is 353 g/mol. The maximum atomic E-state index is 4.32. The van der Waals surface area contributed by atoms with Crippen LogP contribution in [0.25, 0.3) is 11.0 Å². The molecule has 4 aromatic rings. The van der Waals surface area contributed by atoms with Gasteiger partial charge in [-0.05, 0) is 50.2 Å². The fraction of sp³-hybridized carbons (Fsp3) is 0.294. The van der Waals surface area contributed by atoms with Crippen LogP contribution in [0.3, 0.4) is 0 Å². The van der Waals surface area contributed by atoms with E-state index in [4.69, 9.17) is 0 Å². The van der Waals surface area contributed by atoms with Gasteiger partial charge in [-0.25, -0.2) is 4.68 Å². The van der Waals surface area contributed by atoms with Crippen molar-refractivity contribution in [2.45, 2.75) is 26.9 Å². The van der Waals surface area contributed by atoms with E-state index in [2.05, 4.69) is 67.6 Å². The molecule has 0 N–H and O–H groups in total. The second-order valence-electron chi connectivity index (χ2n) is 6.31. The van der Waals surface area contributed by atoms with E-state index in [0.29, 0.717) is 0 Å². The van der Waals surface area contributed by atoms with E-state index in [1.54, 1.807) is 12.7 Å². The van der Waals surface area contributed by atoms with Gasteiger partial charge < -0.3 is 0 Å². The molecule has 0 aliphatic carbocycles. The maximum absolute atomic E-state index is 4.32. The molecule has 0 spiro atoms. The van der Waals surface area contributed by atoms with Crippen molar-refractivity contribution in [3.05, 3.63) is 59.4 Å². The van der Waals surface area contributed by atoms with Gasteiger partial charge in [0.2, 0.25) is 0 Å². The first kappa shape index (κ1) is 15.9. The topological polar surface area (TPSA) is 64.7 Å². The molecule has 0 aliphatic heterocycles. The average molecular weight is 353 g/mol. The van der Waals surface area contributed by atoms with Crippen molar-refractivity contribution in [2.24, 2.45) is 0 Å². The normalized spacial score (nSPS) is 11.7. The first-order chi connectivity index (χ1) is 12.1. The molecule has 4 rings (SSSR count). The lowest BCUT2D eigenvalue weighted by Crippen LogP contribution is -2.18. The van der Waals surface area contributed by atoms with Crippen LogP contribution in [0.5, 0.6) is 0 Å². The summed E-state index contributed by atoms with van der Waals surface area (Å²) in [5.74, 6) is 0. The standard InChI is InChI=1S/C17H19N7S/c1-12-6-15(13(2)24(12)23-10-18-19-11-23)9-22(3)8-14-4-5-16-17(7-14)21-25-20-16/h4-7,10-11H,8-9H2,1-3H3. The van der Waals surface area contributed by atoms with Crippen LogP contribution in [0.15, 0.2) is 36.9 Å². The third-order valence-corrected chi connectivity index (χ3v) is 4.90. The third-order valence-electron chi connectivity index (χ3n) is 4.35. The number of hydrogen-bond donors (Lipinski definition) is 0. The summed E-state index contributed by atoms with van der Waals surface area (Å²) in [5, 5.41) is 7.80. The molecule has 0 aliphatic rings. The van der Waals surface area contributed by atoms with Crippen molar-refractivity contribution in [2.75, 3.05) is 7.05 Å². The Bertz CT molecular complexity index is 1000. The molecule has 0 bridgehead atoms. The molecule has 1 aromatic carbocycles. The fourth-order valence-electron chi connectivity index (χ4n) is 3.22. The summed E-state index contributed by atoms with van der Waals surface area (Å²) in [6.07, 6.45) is 3.43. The van der Waals surface area contributed by atoms with Gasteiger partial charge in [0.15, 0.2) is 0 Å². The number of fused-ring (bicyclic) bond motifs is 1. The maximum Gasteiger partial charge on any atom is 0.139 e. The molecule has 0 atom stereocenters. The summed E-state index contributed by atoms with van der Waals surface area (Å²) in [7, 11) is 2.13. The number of benzene rings is 1. The zero-order chi connectivity index (χ0) is 17.4. The SMILES string of the molecule is Cc1cc(CN(C)Cc2ccc3nsnc3c2)c(C)n1-n1cnnc1. The predicted molar refractivity (Wildman–Crippen MR) is 97.3 cm³/mol. The molecule has 8 heteroatoms. The minimum Gasteiger partial charge on any atom is -0.298 e. The van der Waals surface area contributed by atoms with Gasteiger partial charge >= 0.3 is 0 Å². The predicted octanol–water partition coefficient (Wildman–Crippen LogP) is 2.64. The Morgan fingerprint density at radius 1 is 1.00 bits per heavy atom. The number of rotatable bonds is 5. The molecule has 25 heavy (non-hydrogen) atoms. The molecule has 3 heterocycles. The summed E-state index contributed by atoms with van der Waals surface area (Å²) in [6.45, 7) is 5.96. The second kappa shape index (κ2) is 6.38. The van der Waals surface area contributed by atoms with E-state index >= 15 is 0 Å². The van der Waals surface area contributed by atoms with Gasteiger partial charge in [-0.1, -0.05) is 6.07 Å². The molecule has 0 saturated carbocycles. The largest absolute Gasteiger partial charge is 0.298 e. The van der Waals surface area contributed by atoms with Crippen molar-refractivity contribution in [1.82, 2.24) is 33.2 Å². The van der Waals surface area contributed by atoms with Crippen LogP contribution in [-0.4, -0.2) is 40.2 Å². The van der Waals surface area contributed by atoms with Crippen LogP contribution in [0, 0.1) is 13.8 Å².